The first-order valence-corrected chi connectivity index (χ1v) is 8.66. The molecule has 0 fully saturated rings. The Kier molecular flexibility index (Phi) is 6.75. The Morgan fingerprint density at radius 3 is 2.16 bits per heavy atom. The molecule has 0 aliphatic carbocycles. The molecule has 4 nitrogen and oxygen atoms in total. The molecule has 2 aromatic carbocycles. The molecular formula is C21H26N2O2. The standard InChI is InChI=1S/C21H26N2O2/c1-15(2)22-21(25)20(18-7-5-4-6-8-18)23-19(24)14-13-17-11-9-16(3)10-12-17/h4-12,15,20H,13-14H2,1-3H3,(H,22,25)(H,23,24)/t20-/m0/s1. The number of benzene rings is 2. The second kappa shape index (κ2) is 9.02. The van der Waals surface area contributed by atoms with Crippen molar-refractivity contribution in [2.45, 2.75) is 45.7 Å². The van der Waals surface area contributed by atoms with Gasteiger partial charge in [-0.25, -0.2) is 0 Å². The average molecular weight is 338 g/mol. The lowest BCUT2D eigenvalue weighted by Crippen LogP contribution is -2.42. The van der Waals surface area contributed by atoms with Gasteiger partial charge >= 0.3 is 0 Å². The van der Waals surface area contributed by atoms with Gasteiger partial charge in [-0.1, -0.05) is 60.2 Å². The molecule has 2 aromatic rings. The second-order valence-corrected chi connectivity index (χ2v) is 6.56. The van der Waals surface area contributed by atoms with Gasteiger partial charge in [0.05, 0.1) is 0 Å². The van der Waals surface area contributed by atoms with Crippen molar-refractivity contribution < 1.29 is 9.59 Å². The minimum absolute atomic E-state index is 0.0168. The number of carbonyl (C=O) groups is 2. The first kappa shape index (κ1) is 18.7. The van der Waals surface area contributed by atoms with Crippen LogP contribution in [-0.4, -0.2) is 17.9 Å². The molecule has 0 aromatic heterocycles. The molecular weight excluding hydrogens is 312 g/mol. The van der Waals surface area contributed by atoms with Crippen LogP contribution in [0.25, 0.3) is 0 Å². The fourth-order valence-electron chi connectivity index (χ4n) is 2.56. The topological polar surface area (TPSA) is 58.2 Å². The van der Waals surface area contributed by atoms with E-state index in [0.29, 0.717) is 12.8 Å². The molecule has 132 valence electrons. The highest BCUT2D eigenvalue weighted by Crippen LogP contribution is 2.14. The van der Waals surface area contributed by atoms with Gasteiger partial charge in [0.2, 0.25) is 11.8 Å². The monoisotopic (exact) mass is 338 g/mol. The molecule has 0 spiro atoms. The molecule has 4 heteroatoms. The molecule has 0 saturated heterocycles. The molecule has 2 rings (SSSR count). The third-order valence-electron chi connectivity index (χ3n) is 3.89. The van der Waals surface area contributed by atoms with E-state index < -0.39 is 6.04 Å². The van der Waals surface area contributed by atoms with Crippen molar-refractivity contribution in [3.05, 3.63) is 71.3 Å². The maximum Gasteiger partial charge on any atom is 0.247 e. The summed E-state index contributed by atoms with van der Waals surface area (Å²) in [6.45, 7) is 5.84. The van der Waals surface area contributed by atoms with Crippen molar-refractivity contribution in [3.63, 3.8) is 0 Å². The number of nitrogens with one attached hydrogen (secondary N) is 2. The van der Waals surface area contributed by atoms with E-state index in [-0.39, 0.29) is 17.9 Å². The maximum absolute atomic E-state index is 12.5. The van der Waals surface area contributed by atoms with Crippen LogP contribution in [0.4, 0.5) is 0 Å². The van der Waals surface area contributed by atoms with E-state index in [1.54, 1.807) is 0 Å². The van der Waals surface area contributed by atoms with Crippen LogP contribution in [0, 0.1) is 6.92 Å². The smallest absolute Gasteiger partial charge is 0.247 e. The van der Waals surface area contributed by atoms with Gasteiger partial charge in [0.15, 0.2) is 0 Å². The first-order valence-electron chi connectivity index (χ1n) is 8.66. The number of hydrogen-bond acceptors (Lipinski definition) is 2. The predicted octanol–water partition coefficient (Wildman–Crippen LogP) is 3.31. The van der Waals surface area contributed by atoms with Gasteiger partial charge in [0.25, 0.3) is 0 Å². The van der Waals surface area contributed by atoms with Crippen molar-refractivity contribution in [2.75, 3.05) is 0 Å². The zero-order chi connectivity index (χ0) is 18.2. The largest absolute Gasteiger partial charge is 0.352 e. The maximum atomic E-state index is 12.5. The first-order chi connectivity index (χ1) is 12.0. The van der Waals surface area contributed by atoms with E-state index in [4.69, 9.17) is 0 Å². The highest BCUT2D eigenvalue weighted by Gasteiger charge is 2.22. The predicted molar refractivity (Wildman–Crippen MR) is 100 cm³/mol. The normalized spacial score (nSPS) is 11.8. The lowest BCUT2D eigenvalue weighted by atomic mass is 10.0. The van der Waals surface area contributed by atoms with E-state index >= 15 is 0 Å². The molecule has 1 atom stereocenters. The van der Waals surface area contributed by atoms with Crippen LogP contribution in [0.2, 0.25) is 0 Å². The summed E-state index contributed by atoms with van der Waals surface area (Å²) in [6, 6.07) is 16.8. The average Bonchev–Trinajstić information content (AvgIpc) is 2.59. The van der Waals surface area contributed by atoms with E-state index in [2.05, 4.69) is 10.6 Å². The quantitative estimate of drug-likeness (QED) is 0.814. The Hall–Kier alpha value is -2.62. The Labute approximate surface area is 149 Å². The Bertz CT molecular complexity index is 694. The number of amides is 2. The summed E-state index contributed by atoms with van der Waals surface area (Å²) in [5, 5.41) is 5.74. The highest BCUT2D eigenvalue weighted by atomic mass is 16.2. The lowest BCUT2D eigenvalue weighted by molar-refractivity contribution is -0.129. The number of rotatable bonds is 7. The van der Waals surface area contributed by atoms with Crippen molar-refractivity contribution in [1.82, 2.24) is 10.6 Å². The van der Waals surface area contributed by atoms with Crippen LogP contribution in [-0.2, 0) is 16.0 Å². The summed E-state index contributed by atoms with van der Waals surface area (Å²) >= 11 is 0. The van der Waals surface area contributed by atoms with Gasteiger partial charge in [0.1, 0.15) is 6.04 Å². The van der Waals surface area contributed by atoms with Gasteiger partial charge in [0, 0.05) is 12.5 Å². The van der Waals surface area contributed by atoms with Gasteiger partial charge in [-0.15, -0.1) is 0 Å². The molecule has 0 saturated carbocycles. The second-order valence-electron chi connectivity index (χ2n) is 6.56. The number of aryl methyl sites for hydroxylation is 2. The Morgan fingerprint density at radius 1 is 0.920 bits per heavy atom. The molecule has 2 amide bonds. The van der Waals surface area contributed by atoms with E-state index in [9.17, 15) is 9.59 Å². The van der Waals surface area contributed by atoms with Crippen LogP contribution >= 0.6 is 0 Å². The van der Waals surface area contributed by atoms with Crippen molar-refractivity contribution in [2.24, 2.45) is 0 Å². The summed E-state index contributed by atoms with van der Waals surface area (Å²) in [5.41, 5.74) is 3.09. The zero-order valence-corrected chi connectivity index (χ0v) is 15.1. The van der Waals surface area contributed by atoms with E-state index in [0.717, 1.165) is 11.1 Å². The Morgan fingerprint density at radius 2 is 1.56 bits per heavy atom. The number of hydrogen-bond donors (Lipinski definition) is 2. The fourth-order valence-corrected chi connectivity index (χ4v) is 2.56. The molecule has 25 heavy (non-hydrogen) atoms. The molecule has 0 heterocycles. The molecule has 0 radical (unpaired) electrons. The van der Waals surface area contributed by atoms with Gasteiger partial charge in [-0.2, -0.15) is 0 Å². The molecule has 0 bridgehead atoms. The highest BCUT2D eigenvalue weighted by molar-refractivity contribution is 5.88. The van der Waals surface area contributed by atoms with Crippen LogP contribution < -0.4 is 10.6 Å². The number of carbonyl (C=O) groups excluding carboxylic acids is 2. The SMILES string of the molecule is Cc1ccc(CCC(=O)N[C@H](C(=O)NC(C)C)c2ccccc2)cc1. The molecule has 0 aliphatic heterocycles. The Balaban J connectivity index is 2.01. The third-order valence-corrected chi connectivity index (χ3v) is 3.89. The summed E-state index contributed by atoms with van der Waals surface area (Å²) in [7, 11) is 0. The van der Waals surface area contributed by atoms with Crippen molar-refractivity contribution in [1.29, 1.82) is 0 Å². The minimum atomic E-state index is -0.672. The summed E-state index contributed by atoms with van der Waals surface area (Å²) < 4.78 is 0. The van der Waals surface area contributed by atoms with Gasteiger partial charge < -0.3 is 10.6 Å². The fraction of sp³-hybridized carbons (Fsp3) is 0.333. The van der Waals surface area contributed by atoms with Crippen LogP contribution in [0.15, 0.2) is 54.6 Å². The van der Waals surface area contributed by atoms with Gasteiger partial charge in [-0.3, -0.25) is 9.59 Å². The molecule has 2 N–H and O–H groups in total. The van der Waals surface area contributed by atoms with Crippen LogP contribution in [0.1, 0.15) is 43.0 Å². The summed E-state index contributed by atoms with van der Waals surface area (Å²) in [6.07, 6.45) is 1.00. The zero-order valence-electron chi connectivity index (χ0n) is 15.1. The van der Waals surface area contributed by atoms with Crippen molar-refractivity contribution >= 4 is 11.8 Å². The van der Waals surface area contributed by atoms with E-state index in [1.807, 2.05) is 75.4 Å². The third kappa shape index (κ3) is 6.07. The van der Waals surface area contributed by atoms with Crippen LogP contribution in [0.5, 0.6) is 0 Å². The van der Waals surface area contributed by atoms with Gasteiger partial charge in [-0.05, 0) is 38.3 Å². The van der Waals surface area contributed by atoms with Crippen molar-refractivity contribution in [3.8, 4) is 0 Å². The lowest BCUT2D eigenvalue weighted by Gasteiger charge is -2.20. The summed E-state index contributed by atoms with van der Waals surface area (Å²) in [5.74, 6) is -0.321. The van der Waals surface area contributed by atoms with E-state index in [1.165, 1.54) is 5.56 Å². The minimum Gasteiger partial charge on any atom is -0.352 e. The summed E-state index contributed by atoms with van der Waals surface area (Å²) in [4.78, 5) is 24.8. The molecule has 0 unspecified atom stereocenters. The van der Waals surface area contributed by atoms with Crippen LogP contribution in [0.3, 0.4) is 0 Å². The molecule has 0 aliphatic rings.